The Balaban J connectivity index is 1.95. The first-order chi connectivity index (χ1) is 9.74. The summed E-state index contributed by atoms with van der Waals surface area (Å²) in [6.45, 7) is 7.78. The highest BCUT2D eigenvalue weighted by Gasteiger charge is 2.15. The third kappa shape index (κ3) is 2.91. The van der Waals surface area contributed by atoms with Crippen LogP contribution in [0.2, 0.25) is 0 Å². The van der Waals surface area contributed by atoms with Gasteiger partial charge in [-0.15, -0.1) is 0 Å². The second-order valence-electron chi connectivity index (χ2n) is 5.42. The molecule has 0 saturated carbocycles. The molecule has 0 N–H and O–H groups in total. The Hall–Kier alpha value is -1.26. The van der Waals surface area contributed by atoms with Crippen molar-refractivity contribution >= 4 is 11.8 Å². The van der Waals surface area contributed by atoms with Gasteiger partial charge < -0.3 is 0 Å². The zero-order chi connectivity index (χ0) is 13.9. The molecule has 106 valence electrons. The van der Waals surface area contributed by atoms with Gasteiger partial charge in [0.05, 0.1) is 5.69 Å². The van der Waals surface area contributed by atoms with Gasteiger partial charge >= 0.3 is 0 Å². The van der Waals surface area contributed by atoms with Gasteiger partial charge in [0.25, 0.3) is 0 Å². The number of aromatic nitrogens is 2. The standard InChI is InChI=1S/C16H21N3S/c1-13-10-14(2)15(12-18-6-8-20-9-7-18)16(11-13)19-5-3-4-17-19/h3-5,10-11H,6-9,12H2,1-2H3. The second kappa shape index (κ2) is 6.02. The van der Waals surface area contributed by atoms with E-state index in [9.17, 15) is 0 Å². The lowest BCUT2D eigenvalue weighted by atomic mass is 10.0. The molecule has 2 heterocycles. The fourth-order valence-electron chi connectivity index (χ4n) is 2.78. The van der Waals surface area contributed by atoms with Crippen LogP contribution in [-0.2, 0) is 6.54 Å². The highest BCUT2D eigenvalue weighted by atomic mass is 32.2. The average molecular weight is 287 g/mol. The van der Waals surface area contributed by atoms with Crippen molar-refractivity contribution in [2.24, 2.45) is 0 Å². The third-order valence-corrected chi connectivity index (χ3v) is 4.77. The molecule has 1 fully saturated rings. The molecule has 1 aromatic heterocycles. The Bertz CT molecular complexity index is 572. The van der Waals surface area contributed by atoms with Gasteiger partial charge in [-0.05, 0) is 42.7 Å². The van der Waals surface area contributed by atoms with Crippen molar-refractivity contribution in [3.05, 3.63) is 47.3 Å². The molecule has 0 aliphatic carbocycles. The SMILES string of the molecule is Cc1cc(C)c(CN2CCSCC2)c(-n2cccn2)c1. The maximum atomic E-state index is 4.42. The second-order valence-corrected chi connectivity index (χ2v) is 6.64. The number of hydrogen-bond acceptors (Lipinski definition) is 3. The van der Waals surface area contributed by atoms with Gasteiger partial charge in [0.15, 0.2) is 0 Å². The third-order valence-electron chi connectivity index (χ3n) is 3.83. The maximum Gasteiger partial charge on any atom is 0.0695 e. The van der Waals surface area contributed by atoms with E-state index in [-0.39, 0.29) is 0 Å². The van der Waals surface area contributed by atoms with Crippen LogP contribution >= 0.6 is 11.8 Å². The summed E-state index contributed by atoms with van der Waals surface area (Å²) < 4.78 is 1.99. The van der Waals surface area contributed by atoms with E-state index < -0.39 is 0 Å². The maximum absolute atomic E-state index is 4.42. The first kappa shape index (κ1) is 13.7. The molecule has 0 atom stereocenters. The largest absolute Gasteiger partial charge is 0.297 e. The summed E-state index contributed by atoms with van der Waals surface area (Å²) in [4.78, 5) is 2.56. The van der Waals surface area contributed by atoms with Crippen molar-refractivity contribution in [1.82, 2.24) is 14.7 Å². The van der Waals surface area contributed by atoms with Crippen LogP contribution < -0.4 is 0 Å². The van der Waals surface area contributed by atoms with Crippen molar-refractivity contribution < 1.29 is 0 Å². The predicted molar refractivity (Wildman–Crippen MR) is 85.6 cm³/mol. The van der Waals surface area contributed by atoms with Gasteiger partial charge in [-0.1, -0.05) is 6.07 Å². The average Bonchev–Trinajstić information content (AvgIpc) is 2.96. The van der Waals surface area contributed by atoms with E-state index in [1.165, 1.54) is 47.0 Å². The monoisotopic (exact) mass is 287 g/mol. The predicted octanol–water partition coefficient (Wildman–Crippen LogP) is 3.04. The van der Waals surface area contributed by atoms with E-state index in [1.54, 1.807) is 0 Å². The normalized spacial score (nSPS) is 16.5. The molecule has 1 saturated heterocycles. The molecular formula is C16H21N3S. The summed E-state index contributed by atoms with van der Waals surface area (Å²) in [6.07, 6.45) is 3.88. The molecule has 0 spiro atoms. The van der Waals surface area contributed by atoms with Gasteiger partial charge in [-0.3, -0.25) is 4.90 Å². The number of benzene rings is 1. The molecule has 0 unspecified atom stereocenters. The Morgan fingerprint density at radius 1 is 1.20 bits per heavy atom. The fourth-order valence-corrected chi connectivity index (χ4v) is 3.76. The molecule has 20 heavy (non-hydrogen) atoms. The zero-order valence-corrected chi connectivity index (χ0v) is 13.0. The van der Waals surface area contributed by atoms with Crippen LogP contribution in [0, 0.1) is 13.8 Å². The van der Waals surface area contributed by atoms with E-state index in [1.807, 2.05) is 23.1 Å². The molecule has 1 aromatic carbocycles. The van der Waals surface area contributed by atoms with Crippen LogP contribution in [-0.4, -0.2) is 39.3 Å². The lowest BCUT2D eigenvalue weighted by Crippen LogP contribution is -2.32. The molecule has 4 heteroatoms. The fraction of sp³-hybridized carbons (Fsp3) is 0.438. The molecule has 0 bridgehead atoms. The van der Waals surface area contributed by atoms with Gasteiger partial charge in [0, 0.05) is 43.5 Å². The molecule has 1 aliphatic heterocycles. The highest BCUT2D eigenvalue weighted by Crippen LogP contribution is 2.23. The number of hydrogen-bond donors (Lipinski definition) is 0. The van der Waals surface area contributed by atoms with Crippen molar-refractivity contribution in [3.8, 4) is 5.69 Å². The van der Waals surface area contributed by atoms with Crippen LogP contribution in [0.25, 0.3) is 5.69 Å². The summed E-state index contributed by atoms with van der Waals surface area (Å²) in [5, 5.41) is 4.42. The summed E-state index contributed by atoms with van der Waals surface area (Å²) in [6, 6.07) is 6.51. The quantitative estimate of drug-likeness (QED) is 0.866. The van der Waals surface area contributed by atoms with Crippen molar-refractivity contribution in [3.63, 3.8) is 0 Å². The first-order valence-corrected chi connectivity index (χ1v) is 8.30. The molecule has 3 rings (SSSR count). The van der Waals surface area contributed by atoms with Crippen molar-refractivity contribution in [2.75, 3.05) is 24.6 Å². The summed E-state index contributed by atoms with van der Waals surface area (Å²) >= 11 is 2.06. The Kier molecular flexibility index (Phi) is 4.13. The topological polar surface area (TPSA) is 21.1 Å². The number of rotatable bonds is 3. The van der Waals surface area contributed by atoms with Crippen LogP contribution in [0.15, 0.2) is 30.6 Å². The first-order valence-electron chi connectivity index (χ1n) is 7.14. The van der Waals surface area contributed by atoms with Gasteiger partial charge in [-0.25, -0.2) is 4.68 Å². The lowest BCUT2D eigenvalue weighted by Gasteiger charge is -2.28. The Morgan fingerprint density at radius 2 is 2.00 bits per heavy atom. The van der Waals surface area contributed by atoms with Gasteiger partial charge in [0.1, 0.15) is 0 Å². The van der Waals surface area contributed by atoms with Gasteiger partial charge in [0.2, 0.25) is 0 Å². The minimum Gasteiger partial charge on any atom is -0.297 e. The van der Waals surface area contributed by atoms with E-state index >= 15 is 0 Å². The molecule has 1 aliphatic rings. The molecule has 2 aromatic rings. The van der Waals surface area contributed by atoms with Crippen LogP contribution in [0.3, 0.4) is 0 Å². The summed E-state index contributed by atoms with van der Waals surface area (Å²) in [7, 11) is 0. The van der Waals surface area contributed by atoms with Crippen LogP contribution in [0.1, 0.15) is 16.7 Å². The number of nitrogens with zero attached hydrogens (tertiary/aromatic N) is 3. The smallest absolute Gasteiger partial charge is 0.0695 e. The summed E-state index contributed by atoms with van der Waals surface area (Å²) in [5.74, 6) is 2.50. The number of aryl methyl sites for hydroxylation is 2. The van der Waals surface area contributed by atoms with E-state index in [2.05, 4.69) is 47.7 Å². The number of thioether (sulfide) groups is 1. The molecular weight excluding hydrogens is 266 g/mol. The van der Waals surface area contributed by atoms with Crippen molar-refractivity contribution in [1.29, 1.82) is 0 Å². The van der Waals surface area contributed by atoms with Gasteiger partial charge in [-0.2, -0.15) is 16.9 Å². The van der Waals surface area contributed by atoms with Crippen molar-refractivity contribution in [2.45, 2.75) is 20.4 Å². The zero-order valence-electron chi connectivity index (χ0n) is 12.2. The van der Waals surface area contributed by atoms with E-state index in [4.69, 9.17) is 0 Å². The highest BCUT2D eigenvalue weighted by molar-refractivity contribution is 7.99. The minimum atomic E-state index is 1.03. The lowest BCUT2D eigenvalue weighted by molar-refractivity contribution is 0.293. The molecule has 0 radical (unpaired) electrons. The minimum absolute atomic E-state index is 1.03. The summed E-state index contributed by atoms with van der Waals surface area (Å²) in [5.41, 5.74) is 5.30. The van der Waals surface area contributed by atoms with E-state index in [0.717, 1.165) is 6.54 Å². The van der Waals surface area contributed by atoms with Crippen LogP contribution in [0.5, 0.6) is 0 Å². The van der Waals surface area contributed by atoms with E-state index in [0.29, 0.717) is 0 Å². The Morgan fingerprint density at radius 3 is 2.70 bits per heavy atom. The Labute approximate surface area is 125 Å². The molecule has 0 amide bonds. The molecule has 3 nitrogen and oxygen atoms in total. The van der Waals surface area contributed by atoms with Crippen LogP contribution in [0.4, 0.5) is 0 Å².